The van der Waals surface area contributed by atoms with Gasteiger partial charge in [0.15, 0.2) is 0 Å². The summed E-state index contributed by atoms with van der Waals surface area (Å²) < 4.78 is 7.46. The predicted octanol–water partition coefficient (Wildman–Crippen LogP) is 6.56. The largest absolute Gasteiger partial charge is 0.465 e. The highest BCUT2D eigenvalue weighted by atomic mass is 16.5. The van der Waals surface area contributed by atoms with E-state index < -0.39 is 5.97 Å². The van der Waals surface area contributed by atoms with Crippen molar-refractivity contribution in [3.05, 3.63) is 101 Å². The van der Waals surface area contributed by atoms with E-state index in [9.17, 15) is 9.59 Å². The number of nitrogens with zero attached hydrogens (tertiary/aromatic N) is 4. The normalized spacial score (nSPS) is 23.1. The molecule has 44 heavy (non-hydrogen) atoms. The van der Waals surface area contributed by atoms with Crippen molar-refractivity contribution in [2.75, 3.05) is 26.7 Å². The van der Waals surface area contributed by atoms with Crippen LogP contribution in [0.5, 0.6) is 0 Å². The molecule has 7 heteroatoms. The topological polar surface area (TPSA) is 67.7 Å². The number of para-hydroxylation sites is 2. The zero-order valence-electron chi connectivity index (χ0n) is 25.8. The molecule has 3 atom stereocenters. The molecule has 0 radical (unpaired) electrons. The van der Waals surface area contributed by atoms with Crippen molar-refractivity contribution in [2.45, 2.75) is 75.4 Å². The molecule has 228 valence electrons. The number of carbonyl (C=O) groups excluding carboxylic acids is 2. The average Bonchev–Trinajstić information content (AvgIpc) is 3.53. The van der Waals surface area contributed by atoms with Crippen molar-refractivity contribution in [3.63, 3.8) is 0 Å². The van der Waals surface area contributed by atoms with E-state index in [0.29, 0.717) is 42.3 Å². The standard InChI is InChI=1S/C37H42N4O3/c1-26-38-33-14-8-9-15-34(33)41(26)30-24-28-16-17-29(25-30)40(28)23-20-37(27-10-4-3-5-11-27)18-21-39(22-19-37)35(42)31-12-6-7-13-32(31)36(43)44-2/h3-15,28-30H,16-25H2,1-2H3/t28-,29?,30?/m1/s1. The minimum atomic E-state index is -0.473. The second-order valence-corrected chi connectivity index (χ2v) is 13.0. The van der Waals surface area contributed by atoms with Gasteiger partial charge in [-0.2, -0.15) is 0 Å². The Bertz CT molecular complexity index is 1640. The molecule has 0 spiro atoms. The number of rotatable bonds is 7. The van der Waals surface area contributed by atoms with Gasteiger partial charge in [0.1, 0.15) is 5.82 Å². The van der Waals surface area contributed by atoms with Crippen LogP contribution in [0.3, 0.4) is 0 Å². The van der Waals surface area contributed by atoms with Gasteiger partial charge in [0.2, 0.25) is 0 Å². The van der Waals surface area contributed by atoms with E-state index in [1.165, 1.54) is 43.9 Å². The molecular weight excluding hydrogens is 548 g/mol. The fraction of sp³-hybridized carbons (Fsp3) is 0.432. The first-order valence-corrected chi connectivity index (χ1v) is 16.2. The lowest BCUT2D eigenvalue weighted by Crippen LogP contribution is -2.49. The number of aryl methyl sites for hydroxylation is 1. The number of fused-ring (bicyclic) bond motifs is 3. The number of imidazole rings is 1. The molecule has 0 N–H and O–H groups in total. The summed E-state index contributed by atoms with van der Waals surface area (Å²) in [6.07, 6.45) is 7.81. The highest BCUT2D eigenvalue weighted by molar-refractivity contribution is 6.05. The molecule has 2 unspecified atom stereocenters. The summed E-state index contributed by atoms with van der Waals surface area (Å²) >= 11 is 0. The van der Waals surface area contributed by atoms with Gasteiger partial charge < -0.3 is 14.2 Å². The number of esters is 1. The molecular formula is C37H42N4O3. The molecule has 4 heterocycles. The van der Waals surface area contributed by atoms with Gasteiger partial charge in [0.25, 0.3) is 5.91 Å². The van der Waals surface area contributed by atoms with Crippen LogP contribution in [0.4, 0.5) is 0 Å². The monoisotopic (exact) mass is 590 g/mol. The molecule has 1 amide bonds. The smallest absolute Gasteiger partial charge is 0.338 e. The molecule has 2 bridgehead atoms. The average molecular weight is 591 g/mol. The third kappa shape index (κ3) is 5.11. The molecule has 3 aromatic carbocycles. The predicted molar refractivity (Wildman–Crippen MR) is 172 cm³/mol. The molecule has 3 saturated heterocycles. The quantitative estimate of drug-likeness (QED) is 0.228. The highest BCUT2D eigenvalue weighted by Crippen LogP contribution is 2.45. The van der Waals surface area contributed by atoms with Gasteiger partial charge in [-0.15, -0.1) is 0 Å². The minimum Gasteiger partial charge on any atom is -0.465 e. The van der Waals surface area contributed by atoms with Crippen LogP contribution in [0, 0.1) is 6.92 Å². The third-order valence-electron chi connectivity index (χ3n) is 10.8. The number of likely N-dealkylation sites (tertiary alicyclic amines) is 1. The Labute approximate surface area is 259 Å². The van der Waals surface area contributed by atoms with Crippen molar-refractivity contribution in [1.82, 2.24) is 19.4 Å². The van der Waals surface area contributed by atoms with Gasteiger partial charge in [-0.05, 0) is 93.7 Å². The Kier molecular flexibility index (Phi) is 7.75. The second kappa shape index (κ2) is 11.8. The summed E-state index contributed by atoms with van der Waals surface area (Å²) in [5, 5.41) is 0. The van der Waals surface area contributed by atoms with Crippen LogP contribution in [-0.2, 0) is 10.2 Å². The summed E-state index contributed by atoms with van der Waals surface area (Å²) in [6, 6.07) is 28.2. The Morgan fingerprint density at radius 1 is 0.841 bits per heavy atom. The van der Waals surface area contributed by atoms with Crippen LogP contribution in [0.15, 0.2) is 78.9 Å². The van der Waals surface area contributed by atoms with Gasteiger partial charge in [0, 0.05) is 31.2 Å². The zero-order chi connectivity index (χ0) is 30.3. The number of hydrogen-bond donors (Lipinski definition) is 0. The van der Waals surface area contributed by atoms with E-state index in [4.69, 9.17) is 9.72 Å². The van der Waals surface area contributed by atoms with Gasteiger partial charge in [-0.1, -0.05) is 54.6 Å². The van der Waals surface area contributed by atoms with Crippen LogP contribution >= 0.6 is 0 Å². The SMILES string of the molecule is COC(=O)c1ccccc1C(=O)N1CCC(CCN2C3CC[C@@H]2CC(n2c(C)nc4ccccc42)C3)(c2ccccc2)CC1. The highest BCUT2D eigenvalue weighted by Gasteiger charge is 2.44. The molecule has 3 fully saturated rings. The molecule has 1 aromatic heterocycles. The first kappa shape index (κ1) is 28.8. The number of methoxy groups -OCH3 is 1. The molecule has 0 aliphatic carbocycles. The fourth-order valence-corrected chi connectivity index (χ4v) is 8.53. The number of carbonyl (C=O) groups is 2. The van der Waals surface area contributed by atoms with Crippen molar-refractivity contribution in [3.8, 4) is 0 Å². The summed E-state index contributed by atoms with van der Waals surface area (Å²) in [4.78, 5) is 35.6. The van der Waals surface area contributed by atoms with Crippen LogP contribution in [0.2, 0.25) is 0 Å². The summed E-state index contributed by atoms with van der Waals surface area (Å²) in [6.45, 7) is 4.58. The lowest BCUT2D eigenvalue weighted by atomic mass is 9.70. The lowest BCUT2D eigenvalue weighted by molar-refractivity contribution is 0.0563. The van der Waals surface area contributed by atoms with Crippen LogP contribution in [-0.4, -0.2) is 70.1 Å². The fourth-order valence-electron chi connectivity index (χ4n) is 8.53. The number of amides is 1. The molecule has 0 saturated carbocycles. The van der Waals surface area contributed by atoms with Crippen molar-refractivity contribution in [2.24, 2.45) is 0 Å². The van der Waals surface area contributed by atoms with E-state index >= 15 is 0 Å². The first-order chi connectivity index (χ1) is 21.5. The van der Waals surface area contributed by atoms with Crippen molar-refractivity contribution < 1.29 is 14.3 Å². The number of ether oxygens (including phenoxy) is 1. The van der Waals surface area contributed by atoms with Crippen molar-refractivity contribution in [1.29, 1.82) is 0 Å². The summed E-state index contributed by atoms with van der Waals surface area (Å²) in [5.41, 5.74) is 4.52. The number of benzene rings is 3. The Morgan fingerprint density at radius 2 is 1.48 bits per heavy atom. The maximum Gasteiger partial charge on any atom is 0.338 e. The lowest BCUT2D eigenvalue weighted by Gasteiger charge is -2.45. The Hall–Kier alpha value is -3.97. The summed E-state index contributed by atoms with van der Waals surface area (Å²) in [5.74, 6) is 0.567. The number of aromatic nitrogens is 2. The third-order valence-corrected chi connectivity index (χ3v) is 10.8. The van der Waals surface area contributed by atoms with E-state index in [1.54, 1.807) is 18.2 Å². The minimum absolute atomic E-state index is 0.0212. The second-order valence-electron chi connectivity index (χ2n) is 13.0. The van der Waals surface area contributed by atoms with E-state index in [1.807, 2.05) is 11.0 Å². The van der Waals surface area contributed by atoms with Crippen LogP contribution in [0.25, 0.3) is 11.0 Å². The van der Waals surface area contributed by atoms with E-state index in [-0.39, 0.29) is 11.3 Å². The first-order valence-electron chi connectivity index (χ1n) is 16.2. The zero-order valence-corrected chi connectivity index (χ0v) is 25.8. The van der Waals surface area contributed by atoms with Gasteiger partial charge in [-0.25, -0.2) is 9.78 Å². The summed E-state index contributed by atoms with van der Waals surface area (Å²) in [7, 11) is 1.36. The maximum absolute atomic E-state index is 13.6. The van der Waals surface area contributed by atoms with Crippen molar-refractivity contribution >= 4 is 22.9 Å². The molecule has 7 rings (SSSR count). The van der Waals surface area contributed by atoms with Gasteiger partial charge >= 0.3 is 5.97 Å². The maximum atomic E-state index is 13.6. The van der Waals surface area contributed by atoms with E-state index in [2.05, 4.69) is 71.0 Å². The van der Waals surface area contributed by atoms with Crippen LogP contribution in [0.1, 0.15) is 83.1 Å². The molecule has 3 aliphatic rings. The van der Waals surface area contributed by atoms with E-state index in [0.717, 1.165) is 37.1 Å². The Balaban J connectivity index is 1.07. The number of hydrogen-bond acceptors (Lipinski definition) is 5. The molecule has 4 aromatic rings. The van der Waals surface area contributed by atoms with Gasteiger partial charge in [-0.3, -0.25) is 9.69 Å². The van der Waals surface area contributed by atoms with Crippen LogP contribution < -0.4 is 0 Å². The molecule has 3 aliphatic heterocycles. The molecule has 7 nitrogen and oxygen atoms in total. The number of piperidine rings is 2. The van der Waals surface area contributed by atoms with Gasteiger partial charge in [0.05, 0.1) is 29.3 Å². The Morgan fingerprint density at radius 3 is 2.18 bits per heavy atom.